The van der Waals surface area contributed by atoms with Crippen LogP contribution >= 0.6 is 0 Å². The SMILES string of the molecule is O=C(CC1CCCCN1)Nc1c(F)cc(F)cc1F. The molecule has 1 aromatic rings. The molecular weight excluding hydrogens is 257 g/mol. The highest BCUT2D eigenvalue weighted by Crippen LogP contribution is 2.21. The lowest BCUT2D eigenvalue weighted by molar-refractivity contribution is -0.116. The monoisotopic (exact) mass is 272 g/mol. The number of piperidine rings is 1. The minimum atomic E-state index is -1.11. The summed E-state index contributed by atoms with van der Waals surface area (Å²) in [5, 5.41) is 5.32. The number of carbonyl (C=O) groups is 1. The molecule has 0 spiro atoms. The van der Waals surface area contributed by atoms with Gasteiger partial charge in [-0.25, -0.2) is 13.2 Å². The van der Waals surface area contributed by atoms with Gasteiger partial charge in [-0.05, 0) is 19.4 Å². The van der Waals surface area contributed by atoms with Gasteiger partial charge in [0.1, 0.15) is 11.5 Å². The van der Waals surface area contributed by atoms with Crippen molar-refractivity contribution in [2.24, 2.45) is 0 Å². The zero-order valence-electron chi connectivity index (χ0n) is 10.3. The Labute approximate surface area is 109 Å². The van der Waals surface area contributed by atoms with Crippen molar-refractivity contribution < 1.29 is 18.0 Å². The molecule has 1 amide bonds. The summed E-state index contributed by atoms with van der Waals surface area (Å²) in [6.45, 7) is 0.844. The summed E-state index contributed by atoms with van der Waals surface area (Å²) in [6, 6.07) is 1.11. The van der Waals surface area contributed by atoms with E-state index in [0.29, 0.717) is 12.1 Å². The van der Waals surface area contributed by atoms with E-state index in [1.807, 2.05) is 0 Å². The van der Waals surface area contributed by atoms with Crippen LogP contribution in [0.4, 0.5) is 18.9 Å². The summed E-state index contributed by atoms with van der Waals surface area (Å²) in [5.74, 6) is -3.71. The van der Waals surface area contributed by atoms with Crippen LogP contribution in [0.15, 0.2) is 12.1 Å². The molecule has 2 N–H and O–H groups in total. The van der Waals surface area contributed by atoms with Gasteiger partial charge in [-0.2, -0.15) is 0 Å². The molecule has 1 aliphatic heterocycles. The molecule has 1 saturated heterocycles. The second kappa shape index (κ2) is 6.06. The van der Waals surface area contributed by atoms with Crippen molar-refractivity contribution in [3.63, 3.8) is 0 Å². The molecule has 104 valence electrons. The van der Waals surface area contributed by atoms with Gasteiger partial charge < -0.3 is 10.6 Å². The van der Waals surface area contributed by atoms with E-state index in [2.05, 4.69) is 10.6 Å². The molecule has 1 fully saturated rings. The van der Waals surface area contributed by atoms with Gasteiger partial charge in [-0.3, -0.25) is 4.79 Å². The molecular formula is C13H15F3N2O. The average molecular weight is 272 g/mol. The second-order valence-corrected chi connectivity index (χ2v) is 4.64. The van der Waals surface area contributed by atoms with Gasteiger partial charge >= 0.3 is 0 Å². The van der Waals surface area contributed by atoms with E-state index < -0.39 is 29.0 Å². The van der Waals surface area contributed by atoms with Crippen molar-refractivity contribution >= 4 is 11.6 Å². The quantitative estimate of drug-likeness (QED) is 0.888. The predicted molar refractivity (Wildman–Crippen MR) is 65.2 cm³/mol. The van der Waals surface area contributed by atoms with Crippen molar-refractivity contribution in [3.05, 3.63) is 29.6 Å². The molecule has 0 saturated carbocycles. The Morgan fingerprint density at radius 2 is 1.95 bits per heavy atom. The van der Waals surface area contributed by atoms with E-state index in [0.717, 1.165) is 25.8 Å². The van der Waals surface area contributed by atoms with Crippen LogP contribution in [0, 0.1) is 17.5 Å². The Kier molecular flexibility index (Phi) is 4.42. The van der Waals surface area contributed by atoms with Crippen LogP contribution < -0.4 is 10.6 Å². The first kappa shape index (κ1) is 13.9. The highest BCUT2D eigenvalue weighted by atomic mass is 19.1. The van der Waals surface area contributed by atoms with E-state index in [-0.39, 0.29) is 12.5 Å². The molecule has 6 heteroatoms. The summed E-state index contributed by atoms with van der Waals surface area (Å²) in [7, 11) is 0. The van der Waals surface area contributed by atoms with E-state index in [1.54, 1.807) is 0 Å². The number of benzene rings is 1. The molecule has 1 unspecified atom stereocenters. The largest absolute Gasteiger partial charge is 0.321 e. The Balaban J connectivity index is 1.98. The summed E-state index contributed by atoms with van der Waals surface area (Å²) < 4.78 is 39.4. The van der Waals surface area contributed by atoms with E-state index in [9.17, 15) is 18.0 Å². The summed E-state index contributed by atoms with van der Waals surface area (Å²) in [6.07, 6.45) is 3.11. The fraction of sp³-hybridized carbons (Fsp3) is 0.462. The lowest BCUT2D eigenvalue weighted by Gasteiger charge is -2.22. The van der Waals surface area contributed by atoms with Gasteiger partial charge in [0.15, 0.2) is 11.6 Å². The minimum Gasteiger partial charge on any atom is -0.321 e. The van der Waals surface area contributed by atoms with E-state index >= 15 is 0 Å². The van der Waals surface area contributed by atoms with Crippen molar-refractivity contribution in [1.29, 1.82) is 0 Å². The Morgan fingerprint density at radius 1 is 1.26 bits per heavy atom. The smallest absolute Gasteiger partial charge is 0.226 e. The van der Waals surface area contributed by atoms with Gasteiger partial charge in [-0.1, -0.05) is 6.42 Å². The van der Waals surface area contributed by atoms with Gasteiger partial charge in [0.25, 0.3) is 0 Å². The average Bonchev–Trinajstić information content (AvgIpc) is 2.35. The third-order valence-corrected chi connectivity index (χ3v) is 3.12. The third-order valence-electron chi connectivity index (χ3n) is 3.12. The van der Waals surface area contributed by atoms with E-state index in [4.69, 9.17) is 0 Å². The van der Waals surface area contributed by atoms with Crippen LogP contribution in [0.25, 0.3) is 0 Å². The fourth-order valence-electron chi connectivity index (χ4n) is 2.17. The molecule has 19 heavy (non-hydrogen) atoms. The predicted octanol–water partition coefficient (Wildman–Crippen LogP) is 2.57. The summed E-state index contributed by atoms with van der Waals surface area (Å²) >= 11 is 0. The van der Waals surface area contributed by atoms with Crippen LogP contribution in [-0.2, 0) is 4.79 Å². The number of rotatable bonds is 3. The minimum absolute atomic E-state index is 0.0281. The molecule has 1 heterocycles. The molecule has 0 aromatic heterocycles. The molecule has 2 rings (SSSR count). The van der Waals surface area contributed by atoms with Crippen LogP contribution in [0.5, 0.6) is 0 Å². The number of nitrogens with one attached hydrogen (secondary N) is 2. The topological polar surface area (TPSA) is 41.1 Å². The molecule has 0 aliphatic carbocycles. The highest BCUT2D eigenvalue weighted by molar-refractivity contribution is 5.91. The lowest BCUT2D eigenvalue weighted by Crippen LogP contribution is -2.37. The number of halogens is 3. The van der Waals surface area contributed by atoms with Gasteiger partial charge in [0.2, 0.25) is 5.91 Å². The number of hydrogen-bond donors (Lipinski definition) is 2. The standard InChI is InChI=1S/C13H15F3N2O/c14-8-5-10(15)13(11(16)6-8)18-12(19)7-9-3-1-2-4-17-9/h5-6,9,17H,1-4,7H2,(H,18,19). The Bertz CT molecular complexity index is 450. The summed E-state index contributed by atoms with van der Waals surface area (Å²) in [4.78, 5) is 11.7. The normalized spacial score (nSPS) is 19.2. The van der Waals surface area contributed by atoms with Gasteiger partial charge in [0, 0.05) is 24.6 Å². The first-order valence-corrected chi connectivity index (χ1v) is 6.24. The van der Waals surface area contributed by atoms with Crippen molar-refractivity contribution in [2.45, 2.75) is 31.7 Å². The van der Waals surface area contributed by atoms with E-state index in [1.165, 1.54) is 0 Å². The highest BCUT2D eigenvalue weighted by Gasteiger charge is 2.19. The first-order chi connectivity index (χ1) is 9.06. The summed E-state index contributed by atoms with van der Waals surface area (Å²) in [5.41, 5.74) is -0.595. The maximum atomic E-state index is 13.3. The lowest BCUT2D eigenvalue weighted by atomic mass is 10.0. The zero-order valence-corrected chi connectivity index (χ0v) is 10.3. The number of amides is 1. The Hall–Kier alpha value is -1.56. The second-order valence-electron chi connectivity index (χ2n) is 4.64. The number of anilines is 1. The van der Waals surface area contributed by atoms with Gasteiger partial charge in [-0.15, -0.1) is 0 Å². The van der Waals surface area contributed by atoms with Crippen LogP contribution in [0.3, 0.4) is 0 Å². The first-order valence-electron chi connectivity index (χ1n) is 6.24. The Morgan fingerprint density at radius 3 is 2.53 bits per heavy atom. The third kappa shape index (κ3) is 3.70. The number of hydrogen-bond acceptors (Lipinski definition) is 2. The molecule has 0 radical (unpaired) electrons. The zero-order chi connectivity index (χ0) is 13.8. The van der Waals surface area contributed by atoms with Crippen molar-refractivity contribution in [2.75, 3.05) is 11.9 Å². The maximum Gasteiger partial charge on any atom is 0.226 e. The van der Waals surface area contributed by atoms with Gasteiger partial charge in [0.05, 0.1) is 0 Å². The van der Waals surface area contributed by atoms with Crippen LogP contribution in [0.1, 0.15) is 25.7 Å². The molecule has 0 bridgehead atoms. The van der Waals surface area contributed by atoms with Crippen molar-refractivity contribution in [3.8, 4) is 0 Å². The molecule has 3 nitrogen and oxygen atoms in total. The molecule has 1 atom stereocenters. The van der Waals surface area contributed by atoms with Crippen molar-refractivity contribution in [1.82, 2.24) is 5.32 Å². The van der Waals surface area contributed by atoms with Crippen LogP contribution in [-0.4, -0.2) is 18.5 Å². The van der Waals surface area contributed by atoms with Crippen LogP contribution in [0.2, 0.25) is 0 Å². The maximum absolute atomic E-state index is 13.3. The fourth-order valence-corrected chi connectivity index (χ4v) is 2.17. The molecule has 1 aromatic carbocycles. The molecule has 1 aliphatic rings. The number of carbonyl (C=O) groups excluding carboxylic acids is 1.